The Morgan fingerprint density at radius 1 is 1.06 bits per heavy atom. The molecule has 7 nitrogen and oxygen atoms in total. The van der Waals surface area contributed by atoms with Crippen molar-refractivity contribution in [2.75, 3.05) is 7.11 Å². The molecule has 2 aliphatic rings. The lowest BCUT2D eigenvalue weighted by Crippen LogP contribution is -2.24. The zero-order valence-electron chi connectivity index (χ0n) is 20.2. The molecule has 0 bridgehead atoms. The molecule has 5 rings (SSSR count). The van der Waals surface area contributed by atoms with Crippen LogP contribution in [0.25, 0.3) is 0 Å². The number of ether oxygens (including phenoxy) is 1. The number of aliphatic hydroxyl groups is 1. The molecule has 2 aliphatic carbocycles. The summed E-state index contributed by atoms with van der Waals surface area (Å²) < 4.78 is 10.9. The minimum Gasteiger partial charge on any atom is -0.511 e. The Morgan fingerprint density at radius 3 is 2.61 bits per heavy atom. The minimum absolute atomic E-state index is 0.0343. The number of allylic oxidation sites excluding steroid dienone is 2. The van der Waals surface area contributed by atoms with Crippen molar-refractivity contribution >= 4 is 23.0 Å². The molecule has 0 spiro atoms. The summed E-state index contributed by atoms with van der Waals surface area (Å²) in [5, 5.41) is 15.3. The third-order valence-corrected chi connectivity index (χ3v) is 6.86. The molecule has 0 aliphatic heterocycles. The first-order valence-corrected chi connectivity index (χ1v) is 12.3. The predicted molar refractivity (Wildman–Crippen MR) is 135 cm³/mol. The molecule has 2 aromatic carbocycles. The fourth-order valence-corrected chi connectivity index (χ4v) is 5.08. The number of aromatic nitrogens is 1. The first-order chi connectivity index (χ1) is 17.5. The second-order valence-electron chi connectivity index (χ2n) is 9.20. The molecule has 0 radical (unpaired) electrons. The highest BCUT2D eigenvalue weighted by Gasteiger charge is 2.32. The number of methoxy groups -OCH3 is 1. The lowest BCUT2D eigenvalue weighted by Gasteiger charge is -2.24. The number of aliphatic imine (C=N–C) groups is 1. The van der Waals surface area contributed by atoms with Crippen molar-refractivity contribution in [2.24, 2.45) is 4.99 Å². The lowest BCUT2D eigenvalue weighted by atomic mass is 9.80. The Balaban J connectivity index is 1.50. The molecule has 0 amide bonds. The van der Waals surface area contributed by atoms with E-state index in [4.69, 9.17) is 14.3 Å². The first kappa shape index (κ1) is 23.7. The topological polar surface area (TPSA) is 102 Å². The fraction of sp³-hybridized carbons (Fsp3) is 0.310. The summed E-state index contributed by atoms with van der Waals surface area (Å²) in [5.74, 6) is 1.03. The number of aryl methyl sites for hydroxylation is 2. The van der Waals surface area contributed by atoms with Crippen LogP contribution in [0.3, 0.4) is 0 Å². The zero-order valence-corrected chi connectivity index (χ0v) is 20.2. The van der Waals surface area contributed by atoms with Crippen LogP contribution < -0.4 is 4.74 Å². The van der Waals surface area contributed by atoms with Crippen LogP contribution in [0, 0.1) is 0 Å². The molecule has 1 atom stereocenters. The third kappa shape index (κ3) is 4.73. The number of fused-ring (bicyclic) bond motifs is 1. The lowest BCUT2D eigenvalue weighted by molar-refractivity contribution is -0.116. The van der Waals surface area contributed by atoms with Gasteiger partial charge in [-0.05, 0) is 42.9 Å². The van der Waals surface area contributed by atoms with Crippen LogP contribution in [-0.2, 0) is 17.6 Å². The van der Waals surface area contributed by atoms with Crippen LogP contribution in [0.5, 0.6) is 5.75 Å². The molecule has 36 heavy (non-hydrogen) atoms. The summed E-state index contributed by atoms with van der Waals surface area (Å²) in [6.45, 7) is 0. The van der Waals surface area contributed by atoms with Gasteiger partial charge < -0.3 is 14.4 Å². The van der Waals surface area contributed by atoms with E-state index in [1.165, 1.54) is 0 Å². The van der Waals surface area contributed by atoms with Crippen molar-refractivity contribution in [3.05, 3.63) is 88.5 Å². The van der Waals surface area contributed by atoms with E-state index in [1.807, 2.05) is 42.5 Å². The van der Waals surface area contributed by atoms with Gasteiger partial charge in [0.15, 0.2) is 11.6 Å². The summed E-state index contributed by atoms with van der Waals surface area (Å²) in [7, 11) is 1.56. The number of nitrogens with zero attached hydrogens (tertiary/aromatic N) is 2. The van der Waals surface area contributed by atoms with Gasteiger partial charge in [0.25, 0.3) is 0 Å². The summed E-state index contributed by atoms with van der Waals surface area (Å²) >= 11 is 0. The molecule has 0 saturated carbocycles. The highest BCUT2D eigenvalue weighted by molar-refractivity contribution is 6.24. The summed E-state index contributed by atoms with van der Waals surface area (Å²) in [5.41, 5.74) is 3.42. The number of para-hydroxylation sites is 2. The van der Waals surface area contributed by atoms with Gasteiger partial charge in [-0.2, -0.15) is 0 Å². The zero-order chi connectivity index (χ0) is 25.1. The Hall–Kier alpha value is -4.00. The van der Waals surface area contributed by atoms with Crippen LogP contribution in [0.15, 0.2) is 75.4 Å². The van der Waals surface area contributed by atoms with Gasteiger partial charge in [0, 0.05) is 25.7 Å². The second-order valence-corrected chi connectivity index (χ2v) is 9.20. The Bertz CT molecular complexity index is 1350. The van der Waals surface area contributed by atoms with Crippen molar-refractivity contribution in [1.29, 1.82) is 0 Å². The van der Waals surface area contributed by atoms with Crippen molar-refractivity contribution < 1.29 is 24.0 Å². The number of ketones is 2. The van der Waals surface area contributed by atoms with E-state index in [2.05, 4.69) is 5.16 Å². The van der Waals surface area contributed by atoms with Gasteiger partial charge in [-0.1, -0.05) is 47.6 Å². The maximum absolute atomic E-state index is 13.4. The van der Waals surface area contributed by atoms with Crippen LogP contribution in [0.1, 0.15) is 65.4 Å². The van der Waals surface area contributed by atoms with E-state index in [9.17, 15) is 14.7 Å². The second kappa shape index (κ2) is 10.3. The highest BCUT2D eigenvalue weighted by Crippen LogP contribution is 2.36. The van der Waals surface area contributed by atoms with Crippen molar-refractivity contribution in [2.45, 2.75) is 50.9 Å². The average Bonchev–Trinajstić information content (AvgIpc) is 3.32. The molecule has 0 fully saturated rings. The number of aliphatic hydroxyl groups excluding tert-OH is 1. The van der Waals surface area contributed by atoms with E-state index in [1.54, 1.807) is 19.2 Å². The maximum Gasteiger partial charge on any atom is 0.168 e. The van der Waals surface area contributed by atoms with Crippen molar-refractivity contribution in [3.63, 3.8) is 0 Å². The number of carbonyl (C=O) groups is 2. The Morgan fingerprint density at radius 2 is 1.83 bits per heavy atom. The molecule has 0 saturated heterocycles. The smallest absolute Gasteiger partial charge is 0.168 e. The summed E-state index contributed by atoms with van der Waals surface area (Å²) in [6, 6.07) is 17.0. The first-order valence-electron chi connectivity index (χ1n) is 12.3. The van der Waals surface area contributed by atoms with Crippen LogP contribution in [0.4, 0.5) is 5.69 Å². The molecule has 1 heterocycles. The van der Waals surface area contributed by atoms with Gasteiger partial charge in [-0.3, -0.25) is 9.59 Å². The molecule has 1 aromatic heterocycles. The van der Waals surface area contributed by atoms with Gasteiger partial charge in [-0.25, -0.2) is 4.99 Å². The van der Waals surface area contributed by atoms with Gasteiger partial charge in [0.1, 0.15) is 23.0 Å². The normalized spacial score (nSPS) is 18.4. The van der Waals surface area contributed by atoms with E-state index < -0.39 is 0 Å². The Labute approximate surface area is 209 Å². The summed E-state index contributed by atoms with van der Waals surface area (Å²) in [4.78, 5) is 30.7. The van der Waals surface area contributed by atoms with Crippen LogP contribution in [0.2, 0.25) is 0 Å². The number of rotatable bonds is 7. The van der Waals surface area contributed by atoms with Crippen LogP contribution >= 0.6 is 0 Å². The number of benzene rings is 2. The van der Waals surface area contributed by atoms with E-state index >= 15 is 0 Å². The molecule has 3 aromatic rings. The monoisotopic (exact) mass is 484 g/mol. The van der Waals surface area contributed by atoms with E-state index in [0.717, 1.165) is 12.0 Å². The molecular formula is C29H28N2O5. The highest BCUT2D eigenvalue weighted by atomic mass is 16.5. The number of hydrogen-bond donors (Lipinski definition) is 1. The number of carbonyl (C=O) groups excluding carboxylic acids is 2. The van der Waals surface area contributed by atoms with Crippen LogP contribution in [-0.4, -0.2) is 34.7 Å². The predicted octanol–water partition coefficient (Wildman–Crippen LogP) is 5.87. The third-order valence-electron chi connectivity index (χ3n) is 6.86. The molecule has 1 unspecified atom stereocenters. The minimum atomic E-state index is -0.153. The number of Topliss-reactive ketones (excluding diaryl/α,β-unsaturated/α-hetero) is 2. The molecular weight excluding hydrogens is 456 g/mol. The van der Waals surface area contributed by atoms with Gasteiger partial charge >= 0.3 is 0 Å². The fourth-order valence-electron chi connectivity index (χ4n) is 5.08. The molecule has 184 valence electrons. The SMILES string of the molecule is COc1ccccc1N=C(CCc1noc2c1C(=O)CCC2)C1=C(O)CC(c2ccccc2)CC1=O. The maximum atomic E-state index is 13.4. The van der Waals surface area contributed by atoms with E-state index in [-0.39, 0.29) is 35.2 Å². The van der Waals surface area contributed by atoms with Gasteiger partial charge in [0.05, 0.1) is 29.7 Å². The van der Waals surface area contributed by atoms with Crippen molar-refractivity contribution in [3.8, 4) is 5.75 Å². The van der Waals surface area contributed by atoms with E-state index in [0.29, 0.717) is 66.3 Å². The quantitative estimate of drug-likeness (QED) is 0.421. The van der Waals surface area contributed by atoms with Gasteiger partial charge in [0.2, 0.25) is 0 Å². The number of hydrogen-bond acceptors (Lipinski definition) is 7. The summed E-state index contributed by atoms with van der Waals surface area (Å²) in [6.07, 6.45) is 3.26. The molecule has 7 heteroatoms. The van der Waals surface area contributed by atoms with Crippen molar-refractivity contribution in [1.82, 2.24) is 5.16 Å². The van der Waals surface area contributed by atoms with Gasteiger partial charge in [-0.15, -0.1) is 0 Å². The standard InChI is InChI=1S/C29H28N2O5/c1-35-26-12-6-5-10-20(26)30-21(14-15-22-29-23(32)11-7-13-27(29)36-31-22)28-24(33)16-19(17-25(28)34)18-8-3-2-4-9-18/h2-6,8-10,12,19,33H,7,11,13-17H2,1H3. The molecule has 1 N–H and O–H groups in total. The Kier molecular flexibility index (Phi) is 6.80. The largest absolute Gasteiger partial charge is 0.511 e. The average molecular weight is 485 g/mol.